The molecule has 2 aromatic rings. The summed E-state index contributed by atoms with van der Waals surface area (Å²) in [5.74, 6) is -0.0245. The van der Waals surface area contributed by atoms with Crippen LogP contribution in [0.25, 0.3) is 0 Å². The third-order valence-corrected chi connectivity index (χ3v) is 6.27. The van der Waals surface area contributed by atoms with Crippen LogP contribution in [0.4, 0.5) is 5.69 Å². The number of hydrogen-bond donors (Lipinski definition) is 1. The van der Waals surface area contributed by atoms with Gasteiger partial charge in [-0.3, -0.25) is 4.79 Å². The Bertz CT molecular complexity index is 872. The highest BCUT2D eigenvalue weighted by molar-refractivity contribution is 7.89. The van der Waals surface area contributed by atoms with E-state index < -0.39 is 10.0 Å². The van der Waals surface area contributed by atoms with E-state index in [0.717, 1.165) is 0 Å². The first-order chi connectivity index (χ1) is 12.9. The average Bonchev–Trinajstić information content (AvgIpc) is 2.66. The van der Waals surface area contributed by atoms with Gasteiger partial charge in [0.15, 0.2) is 5.78 Å². The molecule has 1 heterocycles. The van der Waals surface area contributed by atoms with Crippen LogP contribution < -0.4 is 5.32 Å². The largest absolute Gasteiger partial charge is 0.378 e. The van der Waals surface area contributed by atoms with E-state index in [0.29, 0.717) is 24.3 Å². The zero-order valence-electron chi connectivity index (χ0n) is 15.5. The minimum atomic E-state index is -3.56. The zero-order chi connectivity index (χ0) is 19.4. The summed E-state index contributed by atoms with van der Waals surface area (Å²) in [7, 11) is -3.56. The number of rotatable bonds is 6. The molecule has 2 unspecified atom stereocenters. The van der Waals surface area contributed by atoms with E-state index in [1.165, 1.54) is 4.31 Å². The van der Waals surface area contributed by atoms with Crippen molar-refractivity contribution in [2.75, 3.05) is 25.0 Å². The molecule has 0 aromatic heterocycles. The Hall–Kier alpha value is -2.22. The fourth-order valence-corrected chi connectivity index (χ4v) is 4.72. The second kappa shape index (κ2) is 8.21. The topological polar surface area (TPSA) is 75.7 Å². The molecule has 2 aromatic carbocycles. The maximum Gasteiger partial charge on any atom is 0.243 e. The van der Waals surface area contributed by atoms with Gasteiger partial charge < -0.3 is 10.1 Å². The van der Waals surface area contributed by atoms with Gasteiger partial charge in [-0.05, 0) is 38.1 Å². The Morgan fingerprint density at radius 1 is 1.04 bits per heavy atom. The van der Waals surface area contributed by atoms with E-state index in [9.17, 15) is 13.2 Å². The molecule has 0 aliphatic carbocycles. The molecule has 7 heteroatoms. The van der Waals surface area contributed by atoms with Gasteiger partial charge in [0.2, 0.25) is 10.0 Å². The second-order valence-corrected chi connectivity index (χ2v) is 8.68. The molecule has 1 N–H and O–H groups in total. The Balaban J connectivity index is 1.65. The van der Waals surface area contributed by atoms with Gasteiger partial charge in [-0.15, -0.1) is 0 Å². The average molecular weight is 388 g/mol. The van der Waals surface area contributed by atoms with Gasteiger partial charge in [-0.2, -0.15) is 4.31 Å². The summed E-state index contributed by atoms with van der Waals surface area (Å²) in [6.45, 7) is 4.58. The molecule has 0 saturated carbocycles. The number of morpholine rings is 1. The molecule has 0 radical (unpaired) electrons. The summed E-state index contributed by atoms with van der Waals surface area (Å²) in [6, 6.07) is 15.5. The van der Waals surface area contributed by atoms with E-state index in [4.69, 9.17) is 4.74 Å². The molecule has 1 saturated heterocycles. The Morgan fingerprint density at radius 3 is 2.22 bits per heavy atom. The number of ether oxygens (including phenoxy) is 1. The summed E-state index contributed by atoms with van der Waals surface area (Å²) in [4.78, 5) is 12.4. The first-order valence-corrected chi connectivity index (χ1v) is 10.4. The van der Waals surface area contributed by atoms with Crippen LogP contribution in [-0.4, -0.2) is 50.3 Å². The number of Topliss-reactive ketones (excluding diaryl/α,β-unsaturated/α-hetero) is 1. The molecule has 6 nitrogen and oxygen atoms in total. The van der Waals surface area contributed by atoms with Gasteiger partial charge in [-0.1, -0.05) is 30.3 Å². The first kappa shape index (κ1) is 19.5. The van der Waals surface area contributed by atoms with Crippen LogP contribution >= 0.6 is 0 Å². The summed E-state index contributed by atoms with van der Waals surface area (Å²) < 4.78 is 32.7. The van der Waals surface area contributed by atoms with Crippen LogP contribution in [0, 0.1) is 0 Å². The number of carbonyl (C=O) groups is 1. The molecule has 2 atom stereocenters. The molecule has 1 aliphatic rings. The van der Waals surface area contributed by atoms with Crippen molar-refractivity contribution in [2.24, 2.45) is 0 Å². The Labute approximate surface area is 160 Å². The maximum atomic E-state index is 12.8. The van der Waals surface area contributed by atoms with Gasteiger partial charge in [-0.25, -0.2) is 8.42 Å². The van der Waals surface area contributed by atoms with Gasteiger partial charge >= 0.3 is 0 Å². The lowest BCUT2D eigenvalue weighted by Gasteiger charge is -2.34. The summed E-state index contributed by atoms with van der Waals surface area (Å²) in [5, 5.41) is 3.04. The Kier molecular flexibility index (Phi) is 5.94. The van der Waals surface area contributed by atoms with Crippen molar-refractivity contribution in [3.05, 3.63) is 60.2 Å². The van der Waals surface area contributed by atoms with Crippen molar-refractivity contribution >= 4 is 21.5 Å². The number of nitrogens with zero attached hydrogens (tertiary/aromatic N) is 1. The minimum Gasteiger partial charge on any atom is -0.378 e. The number of sulfonamides is 1. The summed E-state index contributed by atoms with van der Waals surface area (Å²) >= 11 is 0. The maximum absolute atomic E-state index is 12.8. The van der Waals surface area contributed by atoms with Gasteiger partial charge in [0.1, 0.15) is 0 Å². The fourth-order valence-electron chi connectivity index (χ4n) is 3.13. The number of carbonyl (C=O) groups excluding carboxylic acids is 1. The lowest BCUT2D eigenvalue weighted by atomic mass is 10.1. The number of benzene rings is 2. The first-order valence-electron chi connectivity index (χ1n) is 8.94. The molecule has 0 spiro atoms. The highest BCUT2D eigenvalue weighted by atomic mass is 32.2. The normalized spacial score (nSPS) is 21.0. The van der Waals surface area contributed by atoms with Crippen LogP contribution in [0.15, 0.2) is 59.5 Å². The third-order valence-electron chi connectivity index (χ3n) is 4.43. The molecule has 0 amide bonds. The van der Waals surface area contributed by atoms with E-state index in [1.807, 2.05) is 32.0 Å². The lowest BCUT2D eigenvalue weighted by molar-refractivity contribution is -0.0440. The van der Waals surface area contributed by atoms with Crippen molar-refractivity contribution in [3.8, 4) is 0 Å². The lowest BCUT2D eigenvalue weighted by Crippen LogP contribution is -2.48. The predicted molar refractivity (Wildman–Crippen MR) is 104 cm³/mol. The second-order valence-electron chi connectivity index (χ2n) is 6.75. The van der Waals surface area contributed by atoms with Crippen molar-refractivity contribution in [3.63, 3.8) is 0 Å². The molecule has 1 aliphatic heterocycles. The number of hydrogen-bond acceptors (Lipinski definition) is 5. The zero-order valence-corrected chi connectivity index (χ0v) is 16.3. The number of ketones is 1. The highest BCUT2D eigenvalue weighted by Crippen LogP contribution is 2.22. The van der Waals surface area contributed by atoms with Crippen LogP contribution in [0.3, 0.4) is 0 Å². The fraction of sp³-hybridized carbons (Fsp3) is 0.350. The van der Waals surface area contributed by atoms with Gasteiger partial charge in [0.25, 0.3) is 0 Å². The van der Waals surface area contributed by atoms with Crippen LogP contribution in [0.5, 0.6) is 0 Å². The van der Waals surface area contributed by atoms with Gasteiger partial charge in [0.05, 0.1) is 23.6 Å². The molecule has 27 heavy (non-hydrogen) atoms. The quantitative estimate of drug-likeness (QED) is 0.770. The standard InChI is InChI=1S/C20H24N2O4S/c1-15-13-22(14-16(2)26-15)27(24,25)19-10-8-18(9-11-19)21-12-20(23)17-6-4-3-5-7-17/h3-11,15-16,21H,12-14H2,1-2H3. The highest BCUT2D eigenvalue weighted by Gasteiger charge is 2.32. The molecule has 144 valence electrons. The summed E-state index contributed by atoms with van der Waals surface area (Å²) in [6.07, 6.45) is -0.262. The molecule has 1 fully saturated rings. The van der Waals surface area contributed by atoms with Gasteiger partial charge in [0, 0.05) is 24.3 Å². The van der Waals surface area contributed by atoms with Crippen molar-refractivity contribution < 1.29 is 17.9 Å². The molecular formula is C20H24N2O4S. The smallest absolute Gasteiger partial charge is 0.243 e. The minimum absolute atomic E-state index is 0.0245. The van der Waals surface area contributed by atoms with Crippen molar-refractivity contribution in [2.45, 2.75) is 31.0 Å². The molecule has 0 bridgehead atoms. The summed E-state index contributed by atoms with van der Waals surface area (Å²) in [5.41, 5.74) is 1.33. The molecule has 3 rings (SSSR count). The number of nitrogens with one attached hydrogen (secondary N) is 1. The SMILES string of the molecule is CC1CN(S(=O)(=O)c2ccc(NCC(=O)c3ccccc3)cc2)CC(C)O1. The van der Waals surface area contributed by atoms with Crippen LogP contribution in [0.2, 0.25) is 0 Å². The van der Waals surface area contributed by atoms with E-state index in [1.54, 1.807) is 36.4 Å². The van der Waals surface area contributed by atoms with E-state index in [-0.39, 0.29) is 29.4 Å². The van der Waals surface area contributed by atoms with E-state index in [2.05, 4.69) is 5.32 Å². The number of anilines is 1. The van der Waals surface area contributed by atoms with Crippen molar-refractivity contribution in [1.82, 2.24) is 4.31 Å². The Morgan fingerprint density at radius 2 is 1.63 bits per heavy atom. The monoisotopic (exact) mass is 388 g/mol. The third kappa shape index (κ3) is 4.74. The van der Waals surface area contributed by atoms with Crippen LogP contribution in [-0.2, 0) is 14.8 Å². The van der Waals surface area contributed by atoms with E-state index >= 15 is 0 Å². The predicted octanol–water partition coefficient (Wildman–Crippen LogP) is 2.78. The van der Waals surface area contributed by atoms with Crippen molar-refractivity contribution in [1.29, 1.82) is 0 Å². The molecular weight excluding hydrogens is 364 g/mol. The van der Waals surface area contributed by atoms with Crippen LogP contribution in [0.1, 0.15) is 24.2 Å².